The normalized spacial score (nSPS) is 15.8. The predicted molar refractivity (Wildman–Crippen MR) is 103 cm³/mol. The van der Waals surface area contributed by atoms with Crippen LogP contribution in [0.3, 0.4) is 0 Å². The summed E-state index contributed by atoms with van der Waals surface area (Å²) in [4.78, 5) is 26.2. The number of imide groups is 1. The van der Waals surface area contributed by atoms with Crippen LogP contribution in [-0.4, -0.2) is 28.3 Å². The molecule has 0 atom stereocenters. The van der Waals surface area contributed by atoms with E-state index in [9.17, 15) is 14.7 Å². The Bertz CT molecular complexity index is 929. The van der Waals surface area contributed by atoms with Crippen molar-refractivity contribution in [2.24, 2.45) is 0 Å². The van der Waals surface area contributed by atoms with Crippen molar-refractivity contribution in [3.63, 3.8) is 0 Å². The Kier molecular flexibility index (Phi) is 5.46. The zero-order chi connectivity index (χ0) is 18.8. The Balaban J connectivity index is 1.87. The number of aromatic hydroxyl groups is 1. The number of phenols is 1. The molecule has 0 spiro atoms. The number of hydrogen-bond acceptors (Lipinski definition) is 5. The summed E-state index contributed by atoms with van der Waals surface area (Å²) in [7, 11) is 1.50. The molecule has 0 bridgehead atoms. The zero-order valence-corrected chi connectivity index (χ0v) is 15.9. The minimum absolute atomic E-state index is 0.0154. The molecule has 2 aromatic rings. The number of rotatable bonds is 4. The van der Waals surface area contributed by atoms with Crippen LogP contribution in [0, 0.1) is 0 Å². The first-order chi connectivity index (χ1) is 12.4. The average molecular weight is 410 g/mol. The lowest BCUT2D eigenvalue weighted by Gasteiger charge is -2.13. The average Bonchev–Trinajstić information content (AvgIpc) is 2.86. The molecule has 2 amide bonds. The maximum atomic E-state index is 12.6. The first kappa shape index (κ1) is 18.6. The van der Waals surface area contributed by atoms with Gasteiger partial charge >= 0.3 is 0 Å². The Morgan fingerprint density at radius 1 is 1.19 bits per heavy atom. The summed E-state index contributed by atoms with van der Waals surface area (Å²) >= 11 is 12.8. The van der Waals surface area contributed by atoms with E-state index >= 15 is 0 Å². The largest absolute Gasteiger partial charge is 0.507 e. The van der Waals surface area contributed by atoms with Gasteiger partial charge in [0.25, 0.3) is 11.1 Å². The van der Waals surface area contributed by atoms with Crippen LogP contribution in [0.5, 0.6) is 11.5 Å². The van der Waals surface area contributed by atoms with Crippen LogP contribution in [0.25, 0.3) is 6.08 Å². The quantitative estimate of drug-likeness (QED) is 0.723. The van der Waals surface area contributed by atoms with E-state index < -0.39 is 11.1 Å². The maximum Gasteiger partial charge on any atom is 0.293 e. The van der Waals surface area contributed by atoms with Gasteiger partial charge in [0.1, 0.15) is 11.5 Å². The van der Waals surface area contributed by atoms with E-state index in [0.717, 1.165) is 16.7 Å². The SMILES string of the molecule is COc1ccc(O)c(/C=C2\SC(=O)N(Cc3ccc(Cl)cc3Cl)C2=O)c1. The number of thioether (sulfide) groups is 1. The second-order valence-electron chi connectivity index (χ2n) is 5.43. The number of halogens is 2. The highest BCUT2D eigenvalue weighted by molar-refractivity contribution is 8.18. The highest BCUT2D eigenvalue weighted by Gasteiger charge is 2.35. The molecule has 0 unspecified atom stereocenters. The summed E-state index contributed by atoms with van der Waals surface area (Å²) < 4.78 is 5.11. The molecule has 1 aliphatic rings. The summed E-state index contributed by atoms with van der Waals surface area (Å²) in [5.41, 5.74) is 1.00. The van der Waals surface area contributed by atoms with Gasteiger partial charge < -0.3 is 9.84 Å². The molecular formula is C18H13Cl2NO4S. The second-order valence-corrected chi connectivity index (χ2v) is 7.27. The minimum atomic E-state index is -0.451. The smallest absolute Gasteiger partial charge is 0.293 e. The molecule has 1 saturated heterocycles. The van der Waals surface area contributed by atoms with E-state index in [1.807, 2.05) is 0 Å². The molecule has 1 aliphatic heterocycles. The van der Waals surface area contributed by atoms with Gasteiger partial charge in [0.05, 0.1) is 18.6 Å². The van der Waals surface area contributed by atoms with Crippen LogP contribution in [0.2, 0.25) is 10.0 Å². The molecule has 1 heterocycles. The number of amides is 2. The first-order valence-corrected chi connectivity index (χ1v) is 9.02. The number of carbonyl (C=O) groups excluding carboxylic acids is 2. The molecule has 26 heavy (non-hydrogen) atoms. The molecule has 134 valence electrons. The maximum absolute atomic E-state index is 12.6. The molecule has 5 nitrogen and oxygen atoms in total. The van der Waals surface area contributed by atoms with Crippen LogP contribution in [0.4, 0.5) is 4.79 Å². The van der Waals surface area contributed by atoms with Crippen molar-refractivity contribution in [2.45, 2.75) is 6.54 Å². The second kappa shape index (κ2) is 7.61. The summed E-state index contributed by atoms with van der Waals surface area (Å²) in [6.07, 6.45) is 1.46. The number of phenolic OH excluding ortho intramolecular Hbond substituents is 1. The lowest BCUT2D eigenvalue weighted by atomic mass is 10.1. The van der Waals surface area contributed by atoms with E-state index in [1.165, 1.54) is 19.3 Å². The van der Waals surface area contributed by atoms with Crippen molar-refractivity contribution >= 4 is 52.2 Å². The van der Waals surface area contributed by atoms with E-state index in [4.69, 9.17) is 27.9 Å². The van der Waals surface area contributed by atoms with Crippen molar-refractivity contribution in [2.75, 3.05) is 7.11 Å². The van der Waals surface area contributed by atoms with Gasteiger partial charge in [0.2, 0.25) is 0 Å². The van der Waals surface area contributed by atoms with Gasteiger partial charge in [-0.25, -0.2) is 0 Å². The highest BCUT2D eigenvalue weighted by Crippen LogP contribution is 2.36. The molecule has 0 aliphatic carbocycles. The molecule has 3 rings (SSSR count). The zero-order valence-electron chi connectivity index (χ0n) is 13.5. The van der Waals surface area contributed by atoms with E-state index in [2.05, 4.69) is 0 Å². The molecule has 0 aromatic heterocycles. The van der Waals surface area contributed by atoms with Crippen LogP contribution in [-0.2, 0) is 11.3 Å². The fourth-order valence-corrected chi connectivity index (χ4v) is 3.67. The third-order valence-electron chi connectivity index (χ3n) is 3.74. The number of hydrogen-bond donors (Lipinski definition) is 1. The van der Waals surface area contributed by atoms with Crippen LogP contribution in [0.15, 0.2) is 41.3 Å². The van der Waals surface area contributed by atoms with Gasteiger partial charge in [-0.1, -0.05) is 29.3 Å². The lowest BCUT2D eigenvalue weighted by molar-refractivity contribution is -0.123. The molecule has 0 radical (unpaired) electrons. The number of carbonyl (C=O) groups is 2. The standard InChI is InChI=1S/C18H13Cl2NO4S/c1-25-13-4-5-15(22)11(6-13)7-16-17(23)21(18(24)26-16)9-10-2-3-12(19)8-14(10)20/h2-8,22H,9H2,1H3/b16-7-. The number of methoxy groups -OCH3 is 1. The fourth-order valence-electron chi connectivity index (χ4n) is 2.37. The van der Waals surface area contributed by atoms with Crippen molar-refractivity contribution in [1.29, 1.82) is 0 Å². The summed E-state index contributed by atoms with van der Waals surface area (Å²) in [5, 5.41) is 10.4. The molecule has 8 heteroatoms. The monoisotopic (exact) mass is 409 g/mol. The number of benzene rings is 2. The lowest BCUT2D eigenvalue weighted by Crippen LogP contribution is -2.27. The summed E-state index contributed by atoms with van der Waals surface area (Å²) in [6.45, 7) is 0.0438. The molecular weight excluding hydrogens is 397 g/mol. The van der Waals surface area contributed by atoms with Crippen LogP contribution in [0.1, 0.15) is 11.1 Å². The molecule has 0 saturated carbocycles. The van der Waals surface area contributed by atoms with Crippen molar-refractivity contribution in [3.05, 3.63) is 62.5 Å². The van der Waals surface area contributed by atoms with Crippen molar-refractivity contribution in [1.82, 2.24) is 4.90 Å². The van der Waals surface area contributed by atoms with Gasteiger partial charge in [-0.3, -0.25) is 14.5 Å². The van der Waals surface area contributed by atoms with Gasteiger partial charge in [-0.05, 0) is 53.7 Å². The Hall–Kier alpha value is -2.15. The van der Waals surface area contributed by atoms with E-state index in [-0.39, 0.29) is 17.2 Å². The Morgan fingerprint density at radius 3 is 2.65 bits per heavy atom. The highest BCUT2D eigenvalue weighted by atomic mass is 35.5. The fraction of sp³-hybridized carbons (Fsp3) is 0.111. The first-order valence-electron chi connectivity index (χ1n) is 7.45. The summed E-state index contributed by atoms with van der Waals surface area (Å²) in [5.74, 6) is 0.0628. The summed E-state index contributed by atoms with van der Waals surface area (Å²) in [6, 6.07) is 9.52. The minimum Gasteiger partial charge on any atom is -0.507 e. The van der Waals surface area contributed by atoms with Crippen LogP contribution < -0.4 is 4.74 Å². The van der Waals surface area contributed by atoms with Gasteiger partial charge in [0, 0.05) is 15.6 Å². The third-order valence-corrected chi connectivity index (χ3v) is 5.23. The van der Waals surface area contributed by atoms with Crippen molar-refractivity contribution < 1.29 is 19.4 Å². The van der Waals surface area contributed by atoms with Gasteiger partial charge in [0.15, 0.2) is 0 Å². The van der Waals surface area contributed by atoms with E-state index in [0.29, 0.717) is 26.9 Å². The Labute approximate surface area is 164 Å². The molecule has 2 aromatic carbocycles. The topological polar surface area (TPSA) is 66.8 Å². The van der Waals surface area contributed by atoms with Gasteiger partial charge in [-0.15, -0.1) is 0 Å². The molecule has 1 N–H and O–H groups in total. The Morgan fingerprint density at radius 2 is 1.96 bits per heavy atom. The molecule has 1 fully saturated rings. The number of ether oxygens (including phenoxy) is 1. The van der Waals surface area contributed by atoms with Gasteiger partial charge in [-0.2, -0.15) is 0 Å². The van der Waals surface area contributed by atoms with Crippen molar-refractivity contribution in [3.8, 4) is 11.5 Å². The third kappa shape index (κ3) is 3.82. The number of nitrogens with zero attached hydrogens (tertiary/aromatic N) is 1. The van der Waals surface area contributed by atoms with Crippen LogP contribution >= 0.6 is 35.0 Å². The predicted octanol–water partition coefficient (Wildman–Crippen LogP) is 4.94. The van der Waals surface area contributed by atoms with E-state index in [1.54, 1.807) is 30.3 Å².